The third kappa shape index (κ3) is 2.27. The third-order valence-corrected chi connectivity index (χ3v) is 2.63. The van der Waals surface area contributed by atoms with Crippen LogP contribution >= 0.6 is 0 Å². The van der Waals surface area contributed by atoms with Crippen LogP contribution in [0, 0.1) is 5.92 Å². The number of nitrogens with zero attached hydrogens (tertiary/aromatic N) is 1. The van der Waals surface area contributed by atoms with Crippen LogP contribution in [-0.4, -0.2) is 20.1 Å². The van der Waals surface area contributed by atoms with Crippen LogP contribution < -0.4 is 15.2 Å². The maximum atomic E-state index is 5.88. The lowest BCUT2D eigenvalue weighted by Crippen LogP contribution is -2.13. The van der Waals surface area contributed by atoms with Crippen LogP contribution in [0.3, 0.4) is 0 Å². The summed E-state index contributed by atoms with van der Waals surface area (Å²) >= 11 is 0. The van der Waals surface area contributed by atoms with Crippen molar-refractivity contribution in [3.05, 3.63) is 18.2 Å². The number of nitrogens with two attached hydrogens (primary N) is 1. The zero-order valence-corrected chi connectivity index (χ0v) is 9.56. The lowest BCUT2D eigenvalue weighted by atomic mass is 10.2. The first-order valence-electron chi connectivity index (χ1n) is 5.30. The van der Waals surface area contributed by atoms with E-state index < -0.39 is 0 Å². The second-order valence-corrected chi connectivity index (χ2v) is 3.85. The molecule has 4 nitrogen and oxygen atoms in total. The fourth-order valence-electron chi connectivity index (χ4n) is 1.49. The van der Waals surface area contributed by atoms with Crippen molar-refractivity contribution in [2.45, 2.75) is 12.8 Å². The number of benzene rings is 1. The fraction of sp³-hybridized carbons (Fsp3) is 0.417. The molecule has 1 aliphatic rings. The molecule has 1 fully saturated rings. The molecule has 0 unspecified atom stereocenters. The summed E-state index contributed by atoms with van der Waals surface area (Å²) in [4.78, 5) is 4.39. The SMILES string of the molecule is COc1ccc(OC)c(N=C(N)C2CC2)c1. The third-order valence-electron chi connectivity index (χ3n) is 2.63. The zero-order valence-electron chi connectivity index (χ0n) is 9.56. The van der Waals surface area contributed by atoms with Gasteiger partial charge in [0, 0.05) is 12.0 Å². The Hall–Kier alpha value is -1.71. The van der Waals surface area contributed by atoms with E-state index in [0.29, 0.717) is 17.5 Å². The van der Waals surface area contributed by atoms with Gasteiger partial charge in [-0.1, -0.05) is 0 Å². The second kappa shape index (κ2) is 4.43. The molecule has 1 saturated carbocycles. The predicted octanol–water partition coefficient (Wildman–Crippen LogP) is 2.10. The van der Waals surface area contributed by atoms with Crippen LogP contribution in [0.1, 0.15) is 12.8 Å². The molecule has 0 saturated heterocycles. The summed E-state index contributed by atoms with van der Waals surface area (Å²) < 4.78 is 10.4. The minimum absolute atomic E-state index is 0.455. The molecule has 0 aromatic heterocycles. The maximum absolute atomic E-state index is 5.88. The zero-order chi connectivity index (χ0) is 11.5. The summed E-state index contributed by atoms with van der Waals surface area (Å²) in [5.74, 6) is 2.61. The van der Waals surface area contributed by atoms with Gasteiger partial charge in [0.2, 0.25) is 0 Å². The normalized spacial score (nSPS) is 16.0. The van der Waals surface area contributed by atoms with Gasteiger partial charge < -0.3 is 15.2 Å². The molecule has 1 aliphatic carbocycles. The predicted molar refractivity (Wildman–Crippen MR) is 63.6 cm³/mol. The minimum Gasteiger partial charge on any atom is -0.497 e. The molecule has 2 rings (SSSR count). The lowest BCUT2D eigenvalue weighted by molar-refractivity contribution is 0.404. The van der Waals surface area contributed by atoms with Gasteiger partial charge >= 0.3 is 0 Å². The van der Waals surface area contributed by atoms with E-state index >= 15 is 0 Å². The van der Waals surface area contributed by atoms with Crippen LogP contribution in [0.2, 0.25) is 0 Å². The summed E-state index contributed by atoms with van der Waals surface area (Å²) in [6.07, 6.45) is 2.28. The summed E-state index contributed by atoms with van der Waals surface area (Å²) in [5, 5.41) is 0. The number of aliphatic imine (C=N–C) groups is 1. The van der Waals surface area contributed by atoms with E-state index in [2.05, 4.69) is 4.99 Å². The Morgan fingerprint density at radius 1 is 1.31 bits per heavy atom. The van der Waals surface area contributed by atoms with Gasteiger partial charge in [-0.2, -0.15) is 0 Å². The number of ether oxygens (including phenoxy) is 2. The highest BCUT2D eigenvalue weighted by atomic mass is 16.5. The van der Waals surface area contributed by atoms with Crippen molar-refractivity contribution in [1.82, 2.24) is 0 Å². The summed E-state index contributed by atoms with van der Waals surface area (Å²) in [6, 6.07) is 5.50. The van der Waals surface area contributed by atoms with Crippen molar-refractivity contribution in [2.75, 3.05) is 14.2 Å². The van der Waals surface area contributed by atoms with Crippen molar-refractivity contribution in [2.24, 2.45) is 16.6 Å². The van der Waals surface area contributed by atoms with E-state index in [4.69, 9.17) is 15.2 Å². The highest BCUT2D eigenvalue weighted by molar-refractivity contribution is 5.88. The molecule has 0 amide bonds. The topological polar surface area (TPSA) is 56.8 Å². The standard InChI is InChI=1S/C12H16N2O2/c1-15-9-5-6-11(16-2)10(7-9)14-12(13)8-3-4-8/h5-8H,3-4H2,1-2H3,(H2,13,14). The van der Waals surface area contributed by atoms with Gasteiger partial charge in [-0.3, -0.25) is 0 Å². The number of amidine groups is 1. The summed E-state index contributed by atoms with van der Waals surface area (Å²) in [7, 11) is 3.24. The van der Waals surface area contributed by atoms with E-state index in [-0.39, 0.29) is 0 Å². The average Bonchev–Trinajstić information content (AvgIpc) is 3.12. The van der Waals surface area contributed by atoms with E-state index in [1.807, 2.05) is 18.2 Å². The molecular formula is C12H16N2O2. The molecule has 0 radical (unpaired) electrons. The van der Waals surface area contributed by atoms with Gasteiger partial charge in [0.05, 0.1) is 14.2 Å². The highest BCUT2D eigenvalue weighted by Crippen LogP contribution is 2.34. The maximum Gasteiger partial charge on any atom is 0.144 e. The molecule has 0 heterocycles. The average molecular weight is 220 g/mol. The molecule has 2 N–H and O–H groups in total. The lowest BCUT2D eigenvalue weighted by Gasteiger charge is -2.07. The number of methoxy groups -OCH3 is 2. The van der Waals surface area contributed by atoms with Gasteiger partial charge in [0.15, 0.2) is 0 Å². The quantitative estimate of drug-likeness (QED) is 0.624. The molecule has 0 atom stereocenters. The number of hydrogen-bond donors (Lipinski definition) is 1. The monoisotopic (exact) mass is 220 g/mol. The van der Waals surface area contributed by atoms with Crippen molar-refractivity contribution in [3.8, 4) is 11.5 Å². The second-order valence-electron chi connectivity index (χ2n) is 3.85. The van der Waals surface area contributed by atoms with Crippen molar-refractivity contribution in [1.29, 1.82) is 0 Å². The summed E-state index contributed by atoms with van der Waals surface area (Å²) in [6.45, 7) is 0. The minimum atomic E-state index is 0.455. The molecule has 16 heavy (non-hydrogen) atoms. The van der Waals surface area contributed by atoms with Crippen molar-refractivity contribution >= 4 is 11.5 Å². The highest BCUT2D eigenvalue weighted by Gasteiger charge is 2.25. The van der Waals surface area contributed by atoms with Crippen molar-refractivity contribution in [3.63, 3.8) is 0 Å². The number of rotatable bonds is 4. The first-order valence-corrected chi connectivity index (χ1v) is 5.30. The van der Waals surface area contributed by atoms with Gasteiger partial charge in [-0.05, 0) is 25.0 Å². The van der Waals surface area contributed by atoms with Crippen LogP contribution in [0.5, 0.6) is 11.5 Å². The summed E-state index contributed by atoms with van der Waals surface area (Å²) in [5.41, 5.74) is 6.61. The Morgan fingerprint density at radius 3 is 2.62 bits per heavy atom. The first kappa shape index (κ1) is 10.8. The van der Waals surface area contributed by atoms with Gasteiger partial charge in [-0.15, -0.1) is 0 Å². The Morgan fingerprint density at radius 2 is 2.06 bits per heavy atom. The van der Waals surface area contributed by atoms with E-state index in [1.54, 1.807) is 14.2 Å². The molecule has 86 valence electrons. The van der Waals surface area contributed by atoms with Crippen molar-refractivity contribution < 1.29 is 9.47 Å². The van der Waals surface area contributed by atoms with Gasteiger partial charge in [-0.25, -0.2) is 4.99 Å². The molecular weight excluding hydrogens is 204 g/mol. The van der Waals surface area contributed by atoms with E-state index in [9.17, 15) is 0 Å². The van der Waals surface area contributed by atoms with Gasteiger partial charge in [0.25, 0.3) is 0 Å². The largest absolute Gasteiger partial charge is 0.497 e. The molecule has 1 aromatic carbocycles. The fourth-order valence-corrected chi connectivity index (χ4v) is 1.49. The van der Waals surface area contributed by atoms with Crippen LogP contribution in [0.25, 0.3) is 0 Å². The van der Waals surface area contributed by atoms with E-state index in [0.717, 1.165) is 24.3 Å². The van der Waals surface area contributed by atoms with Crippen LogP contribution in [0.15, 0.2) is 23.2 Å². The molecule has 0 bridgehead atoms. The molecule has 0 spiro atoms. The van der Waals surface area contributed by atoms with Crippen LogP contribution in [-0.2, 0) is 0 Å². The Kier molecular flexibility index (Phi) is 2.99. The number of hydrogen-bond acceptors (Lipinski definition) is 3. The van der Waals surface area contributed by atoms with Crippen LogP contribution in [0.4, 0.5) is 5.69 Å². The first-order chi connectivity index (χ1) is 7.74. The molecule has 1 aromatic rings. The van der Waals surface area contributed by atoms with Gasteiger partial charge in [0.1, 0.15) is 23.0 Å². The Labute approximate surface area is 95.1 Å². The Bertz CT molecular complexity index is 411. The molecule has 4 heteroatoms. The smallest absolute Gasteiger partial charge is 0.144 e. The van der Waals surface area contributed by atoms with E-state index in [1.165, 1.54) is 0 Å². The molecule has 0 aliphatic heterocycles. The Balaban J connectivity index is 2.32.